The fourth-order valence-electron chi connectivity index (χ4n) is 1.81. The van der Waals surface area contributed by atoms with E-state index < -0.39 is 0 Å². The number of aliphatic hydroxyl groups excluding tert-OH is 1. The SMILES string of the molecule is Cc1nn(C)cc1NC(=O)c1ccc(C#CCO)c(Cl)c1. The molecular formula is C15H14ClN3O2. The van der Waals surface area contributed by atoms with Crippen molar-refractivity contribution < 1.29 is 9.90 Å². The number of anilines is 1. The predicted octanol–water partition coefficient (Wildman–Crippen LogP) is 1.98. The highest BCUT2D eigenvalue weighted by Crippen LogP contribution is 2.19. The molecule has 0 spiro atoms. The number of aliphatic hydroxyl groups is 1. The first-order chi connectivity index (χ1) is 10.0. The van der Waals surface area contributed by atoms with Crippen molar-refractivity contribution in [3.05, 3.63) is 46.2 Å². The highest BCUT2D eigenvalue weighted by Gasteiger charge is 2.11. The predicted molar refractivity (Wildman–Crippen MR) is 81.3 cm³/mol. The molecule has 0 aliphatic carbocycles. The van der Waals surface area contributed by atoms with E-state index in [0.29, 0.717) is 21.8 Å². The van der Waals surface area contributed by atoms with Crippen LogP contribution in [0.25, 0.3) is 0 Å². The lowest BCUT2D eigenvalue weighted by Gasteiger charge is -2.05. The largest absolute Gasteiger partial charge is 0.384 e. The van der Waals surface area contributed by atoms with Crippen molar-refractivity contribution in [3.63, 3.8) is 0 Å². The van der Waals surface area contributed by atoms with Crippen LogP contribution in [0.5, 0.6) is 0 Å². The fraction of sp³-hybridized carbons (Fsp3) is 0.200. The zero-order valence-corrected chi connectivity index (χ0v) is 12.4. The van der Waals surface area contributed by atoms with Gasteiger partial charge in [-0.1, -0.05) is 23.4 Å². The minimum atomic E-state index is -0.269. The summed E-state index contributed by atoms with van der Waals surface area (Å²) in [6.45, 7) is 1.58. The lowest BCUT2D eigenvalue weighted by molar-refractivity contribution is 0.102. The Hall–Kier alpha value is -2.29. The maximum atomic E-state index is 12.2. The van der Waals surface area contributed by atoms with Crippen LogP contribution in [-0.2, 0) is 7.05 Å². The van der Waals surface area contributed by atoms with E-state index in [1.807, 2.05) is 6.92 Å². The number of hydrogen-bond acceptors (Lipinski definition) is 3. The molecule has 0 bridgehead atoms. The summed E-state index contributed by atoms with van der Waals surface area (Å²) >= 11 is 6.07. The first-order valence-corrected chi connectivity index (χ1v) is 6.60. The van der Waals surface area contributed by atoms with Crippen LogP contribution in [0, 0.1) is 18.8 Å². The molecule has 6 heteroatoms. The molecule has 0 atom stereocenters. The van der Waals surface area contributed by atoms with Crippen molar-refractivity contribution >= 4 is 23.2 Å². The van der Waals surface area contributed by atoms with Gasteiger partial charge in [0.15, 0.2) is 0 Å². The smallest absolute Gasteiger partial charge is 0.255 e. The number of halogens is 1. The zero-order valence-electron chi connectivity index (χ0n) is 11.6. The summed E-state index contributed by atoms with van der Waals surface area (Å²) in [5.74, 6) is 4.96. The van der Waals surface area contributed by atoms with E-state index in [0.717, 1.165) is 5.69 Å². The quantitative estimate of drug-likeness (QED) is 0.834. The van der Waals surface area contributed by atoms with Crippen molar-refractivity contribution in [1.82, 2.24) is 9.78 Å². The van der Waals surface area contributed by atoms with Gasteiger partial charge >= 0.3 is 0 Å². The Balaban J connectivity index is 2.20. The second-order valence-electron chi connectivity index (χ2n) is 4.41. The number of aromatic nitrogens is 2. The third-order valence-electron chi connectivity index (χ3n) is 2.80. The Morgan fingerprint density at radius 1 is 1.52 bits per heavy atom. The van der Waals surface area contributed by atoms with E-state index in [1.54, 1.807) is 36.1 Å². The third-order valence-corrected chi connectivity index (χ3v) is 3.11. The van der Waals surface area contributed by atoms with Crippen LogP contribution in [-0.4, -0.2) is 27.4 Å². The number of hydrogen-bond donors (Lipinski definition) is 2. The van der Waals surface area contributed by atoms with E-state index in [9.17, 15) is 4.79 Å². The van der Waals surface area contributed by atoms with Gasteiger partial charge in [0.1, 0.15) is 6.61 Å². The summed E-state index contributed by atoms with van der Waals surface area (Å²) in [5, 5.41) is 16.0. The zero-order chi connectivity index (χ0) is 15.4. The number of amides is 1. The Morgan fingerprint density at radius 2 is 2.29 bits per heavy atom. The van der Waals surface area contributed by atoms with Gasteiger partial charge in [0.2, 0.25) is 0 Å². The Bertz CT molecular complexity index is 741. The second kappa shape index (κ2) is 6.44. The molecule has 5 nitrogen and oxygen atoms in total. The summed E-state index contributed by atoms with van der Waals surface area (Å²) in [7, 11) is 1.79. The van der Waals surface area contributed by atoms with Crippen LogP contribution < -0.4 is 5.32 Å². The van der Waals surface area contributed by atoms with Gasteiger partial charge in [-0.2, -0.15) is 5.10 Å². The molecule has 0 aliphatic heterocycles. The first-order valence-electron chi connectivity index (χ1n) is 6.22. The van der Waals surface area contributed by atoms with Gasteiger partial charge in [-0.25, -0.2) is 0 Å². The number of aryl methyl sites for hydroxylation is 2. The molecule has 1 aromatic carbocycles. The summed E-state index contributed by atoms with van der Waals surface area (Å²) < 4.78 is 1.63. The summed E-state index contributed by atoms with van der Waals surface area (Å²) in [6, 6.07) is 4.83. The topological polar surface area (TPSA) is 67.2 Å². The van der Waals surface area contributed by atoms with Gasteiger partial charge in [0, 0.05) is 24.4 Å². The minimum absolute atomic E-state index is 0.237. The number of nitrogens with zero attached hydrogens (tertiary/aromatic N) is 2. The molecule has 1 aromatic heterocycles. The normalized spacial score (nSPS) is 9.90. The molecule has 1 amide bonds. The molecule has 2 rings (SSSR count). The third kappa shape index (κ3) is 3.63. The second-order valence-corrected chi connectivity index (χ2v) is 4.82. The molecule has 1 heterocycles. The standard InChI is InChI=1S/C15H14ClN3O2/c1-10-14(9-19(2)18-10)17-15(21)12-6-5-11(4-3-7-20)13(16)8-12/h5-6,8-9,20H,7H2,1-2H3,(H,17,21). The molecule has 0 fully saturated rings. The molecule has 0 aliphatic rings. The lowest BCUT2D eigenvalue weighted by atomic mass is 10.1. The van der Waals surface area contributed by atoms with Crippen LogP contribution in [0.1, 0.15) is 21.6 Å². The molecular weight excluding hydrogens is 290 g/mol. The van der Waals surface area contributed by atoms with E-state index in [-0.39, 0.29) is 12.5 Å². The van der Waals surface area contributed by atoms with Gasteiger partial charge in [0.25, 0.3) is 5.91 Å². The van der Waals surface area contributed by atoms with Crippen LogP contribution in [0.2, 0.25) is 5.02 Å². The summed E-state index contributed by atoms with van der Waals surface area (Å²) in [5.41, 5.74) is 2.39. The van der Waals surface area contributed by atoms with Crippen LogP contribution in [0.15, 0.2) is 24.4 Å². The monoisotopic (exact) mass is 303 g/mol. The molecule has 0 saturated carbocycles. The van der Waals surface area contributed by atoms with E-state index in [1.165, 1.54) is 0 Å². The Labute approximate surface area is 127 Å². The number of nitrogens with one attached hydrogen (secondary N) is 1. The molecule has 2 aromatic rings. The van der Waals surface area contributed by atoms with Gasteiger partial charge < -0.3 is 10.4 Å². The molecule has 2 N–H and O–H groups in total. The van der Waals surface area contributed by atoms with Gasteiger partial charge in [-0.3, -0.25) is 9.48 Å². The van der Waals surface area contributed by atoms with Crippen molar-refractivity contribution in [2.24, 2.45) is 7.05 Å². The van der Waals surface area contributed by atoms with Crippen molar-refractivity contribution in [2.45, 2.75) is 6.92 Å². The fourth-order valence-corrected chi connectivity index (χ4v) is 2.04. The minimum Gasteiger partial charge on any atom is -0.384 e. The van der Waals surface area contributed by atoms with Crippen molar-refractivity contribution in [2.75, 3.05) is 11.9 Å². The molecule has 0 saturated heterocycles. The molecule has 0 unspecified atom stereocenters. The average Bonchev–Trinajstić information content (AvgIpc) is 2.75. The summed E-state index contributed by atoms with van der Waals surface area (Å²) in [4.78, 5) is 12.2. The van der Waals surface area contributed by atoms with Gasteiger partial charge in [-0.05, 0) is 25.1 Å². The van der Waals surface area contributed by atoms with Crippen LogP contribution in [0.4, 0.5) is 5.69 Å². The van der Waals surface area contributed by atoms with Crippen molar-refractivity contribution in [1.29, 1.82) is 0 Å². The van der Waals surface area contributed by atoms with Crippen LogP contribution >= 0.6 is 11.6 Å². The van der Waals surface area contributed by atoms with Gasteiger partial charge in [0.05, 0.1) is 16.4 Å². The van der Waals surface area contributed by atoms with Crippen molar-refractivity contribution in [3.8, 4) is 11.8 Å². The molecule has 21 heavy (non-hydrogen) atoms. The highest BCUT2D eigenvalue weighted by molar-refractivity contribution is 6.32. The van der Waals surface area contributed by atoms with E-state index in [2.05, 4.69) is 22.3 Å². The average molecular weight is 304 g/mol. The van der Waals surface area contributed by atoms with Crippen LogP contribution in [0.3, 0.4) is 0 Å². The van der Waals surface area contributed by atoms with E-state index >= 15 is 0 Å². The maximum absolute atomic E-state index is 12.2. The maximum Gasteiger partial charge on any atom is 0.255 e. The Kier molecular flexibility index (Phi) is 4.63. The highest BCUT2D eigenvalue weighted by atomic mass is 35.5. The lowest BCUT2D eigenvalue weighted by Crippen LogP contribution is -2.12. The van der Waals surface area contributed by atoms with Gasteiger partial charge in [-0.15, -0.1) is 0 Å². The number of carbonyl (C=O) groups excluding carboxylic acids is 1. The number of benzene rings is 1. The first kappa shape index (κ1) is 15.1. The molecule has 0 radical (unpaired) electrons. The number of carbonyl (C=O) groups is 1. The Morgan fingerprint density at radius 3 is 2.86 bits per heavy atom. The number of rotatable bonds is 2. The van der Waals surface area contributed by atoms with E-state index in [4.69, 9.17) is 16.7 Å². The molecule has 108 valence electrons. The summed E-state index contributed by atoms with van der Waals surface area (Å²) in [6.07, 6.45) is 1.73.